The molecule has 1 spiro atoms. The predicted molar refractivity (Wildman–Crippen MR) is 105 cm³/mol. The number of carboxylic acids is 1. The maximum atomic E-state index is 13.8. The normalized spacial score (nSPS) is 33.6. The van der Waals surface area contributed by atoms with E-state index < -0.39 is 35.6 Å². The third-order valence-corrected chi connectivity index (χ3v) is 6.72. The van der Waals surface area contributed by atoms with Crippen LogP contribution in [0.1, 0.15) is 46.0 Å². The van der Waals surface area contributed by atoms with E-state index in [1.54, 1.807) is 11.0 Å². The quantitative estimate of drug-likeness (QED) is 0.523. The number of amides is 2. The van der Waals surface area contributed by atoms with Crippen LogP contribution in [-0.2, 0) is 19.1 Å². The standard InChI is InChI=1S/C21H32N2O6/c1-4-7-13(3)22(10-5-2)19(26)17-21-9-8-14(29-21)15(20(27)28)16(21)18(25)23(17)11-6-12-24/h5,13-17,24H,2,4,6-12H2,1,3H3,(H,27,28)/t13?,14-,15+,16-,17?,21?/m0/s1. The monoisotopic (exact) mass is 408 g/mol. The Morgan fingerprint density at radius 1 is 1.48 bits per heavy atom. The van der Waals surface area contributed by atoms with Crippen LogP contribution in [0.4, 0.5) is 0 Å². The van der Waals surface area contributed by atoms with E-state index in [0.717, 1.165) is 12.8 Å². The van der Waals surface area contributed by atoms with Crippen LogP contribution in [0.5, 0.6) is 0 Å². The minimum Gasteiger partial charge on any atom is -0.481 e. The van der Waals surface area contributed by atoms with Gasteiger partial charge in [0.05, 0.1) is 17.9 Å². The van der Waals surface area contributed by atoms with Crippen LogP contribution in [0.3, 0.4) is 0 Å². The molecule has 0 aliphatic carbocycles. The number of aliphatic hydroxyl groups is 1. The average Bonchev–Trinajstić information content (AvgIpc) is 3.31. The number of rotatable bonds is 10. The largest absolute Gasteiger partial charge is 0.481 e. The predicted octanol–water partition coefficient (Wildman–Crippen LogP) is 1.03. The Morgan fingerprint density at radius 3 is 2.79 bits per heavy atom. The molecule has 3 aliphatic rings. The van der Waals surface area contributed by atoms with Crippen molar-refractivity contribution in [3.05, 3.63) is 12.7 Å². The third kappa shape index (κ3) is 3.36. The zero-order valence-electron chi connectivity index (χ0n) is 17.2. The van der Waals surface area contributed by atoms with E-state index in [9.17, 15) is 24.6 Å². The van der Waals surface area contributed by atoms with E-state index in [4.69, 9.17) is 4.74 Å². The molecule has 0 aromatic rings. The topological polar surface area (TPSA) is 107 Å². The van der Waals surface area contributed by atoms with Crippen molar-refractivity contribution in [1.29, 1.82) is 0 Å². The van der Waals surface area contributed by atoms with Gasteiger partial charge in [0.2, 0.25) is 11.8 Å². The molecule has 3 rings (SSSR count). The molecular formula is C21H32N2O6. The molecule has 29 heavy (non-hydrogen) atoms. The number of fused-ring (bicyclic) bond motifs is 1. The highest BCUT2D eigenvalue weighted by atomic mass is 16.5. The van der Waals surface area contributed by atoms with Crippen LogP contribution in [0.15, 0.2) is 12.7 Å². The maximum Gasteiger partial charge on any atom is 0.310 e. The lowest BCUT2D eigenvalue weighted by Crippen LogP contribution is -2.58. The SMILES string of the molecule is C=CCN(C(=O)C1N(CCCO)C(=O)[C@@H]2[C@H](C(=O)O)[C@@H]3CCC12O3)C(C)CCC. The van der Waals surface area contributed by atoms with Gasteiger partial charge in [0.25, 0.3) is 0 Å². The average molecular weight is 408 g/mol. The number of hydrogen-bond acceptors (Lipinski definition) is 5. The molecule has 3 fully saturated rings. The van der Waals surface area contributed by atoms with Crippen molar-refractivity contribution in [1.82, 2.24) is 9.80 Å². The molecule has 2 bridgehead atoms. The minimum atomic E-state index is -1.09. The first-order valence-electron chi connectivity index (χ1n) is 10.6. The molecule has 0 aromatic heterocycles. The fourth-order valence-corrected chi connectivity index (χ4v) is 5.55. The van der Waals surface area contributed by atoms with Crippen molar-refractivity contribution >= 4 is 17.8 Å². The van der Waals surface area contributed by atoms with Gasteiger partial charge in [-0.25, -0.2) is 0 Å². The van der Waals surface area contributed by atoms with Crippen LogP contribution < -0.4 is 0 Å². The van der Waals surface area contributed by atoms with E-state index >= 15 is 0 Å². The number of carbonyl (C=O) groups excluding carboxylic acids is 2. The second kappa shape index (κ2) is 8.44. The molecule has 3 heterocycles. The van der Waals surface area contributed by atoms with Crippen molar-refractivity contribution in [3.63, 3.8) is 0 Å². The van der Waals surface area contributed by atoms with Crippen LogP contribution in [0, 0.1) is 11.8 Å². The van der Waals surface area contributed by atoms with Gasteiger partial charge < -0.3 is 24.7 Å². The molecule has 162 valence electrons. The van der Waals surface area contributed by atoms with Gasteiger partial charge in [-0.05, 0) is 32.6 Å². The Labute approximate surface area is 171 Å². The number of hydrogen-bond donors (Lipinski definition) is 2. The molecule has 2 amide bonds. The summed E-state index contributed by atoms with van der Waals surface area (Å²) in [6.07, 6.45) is 4.21. The molecule has 3 saturated heterocycles. The lowest BCUT2D eigenvalue weighted by Gasteiger charge is -2.38. The molecule has 0 radical (unpaired) electrons. The van der Waals surface area contributed by atoms with Crippen LogP contribution in [0.2, 0.25) is 0 Å². The van der Waals surface area contributed by atoms with Crippen molar-refractivity contribution in [2.45, 2.75) is 69.7 Å². The highest BCUT2D eigenvalue weighted by molar-refractivity contribution is 5.98. The van der Waals surface area contributed by atoms with Crippen molar-refractivity contribution < 1.29 is 29.3 Å². The number of likely N-dealkylation sites (tertiary alicyclic amines) is 1. The first-order valence-corrected chi connectivity index (χ1v) is 10.6. The van der Waals surface area contributed by atoms with Gasteiger partial charge in [0.15, 0.2) is 0 Å². The second-order valence-electron chi connectivity index (χ2n) is 8.42. The van der Waals surface area contributed by atoms with E-state index in [2.05, 4.69) is 6.58 Å². The van der Waals surface area contributed by atoms with Gasteiger partial charge in [0.1, 0.15) is 11.6 Å². The lowest BCUT2D eigenvalue weighted by molar-refractivity contribution is -0.151. The summed E-state index contributed by atoms with van der Waals surface area (Å²) < 4.78 is 6.16. The fourth-order valence-electron chi connectivity index (χ4n) is 5.55. The van der Waals surface area contributed by atoms with E-state index in [1.165, 1.54) is 4.90 Å². The van der Waals surface area contributed by atoms with Crippen LogP contribution in [0.25, 0.3) is 0 Å². The van der Waals surface area contributed by atoms with Crippen LogP contribution in [-0.4, -0.2) is 81.3 Å². The Morgan fingerprint density at radius 2 is 2.21 bits per heavy atom. The molecule has 2 N–H and O–H groups in total. The van der Waals surface area contributed by atoms with E-state index in [-0.39, 0.29) is 31.0 Å². The van der Waals surface area contributed by atoms with Crippen molar-refractivity contribution in [2.24, 2.45) is 11.8 Å². The summed E-state index contributed by atoms with van der Waals surface area (Å²) in [6, 6.07) is -0.898. The summed E-state index contributed by atoms with van der Waals surface area (Å²) in [4.78, 5) is 42.2. The Balaban J connectivity index is 2.01. The molecular weight excluding hydrogens is 376 g/mol. The third-order valence-electron chi connectivity index (χ3n) is 6.72. The zero-order chi connectivity index (χ0) is 21.3. The summed E-state index contributed by atoms with van der Waals surface area (Å²) in [5.41, 5.74) is -1.09. The van der Waals surface area contributed by atoms with Crippen molar-refractivity contribution in [2.75, 3.05) is 19.7 Å². The fraction of sp³-hybridized carbons (Fsp3) is 0.762. The number of aliphatic carboxylic acids is 1. The summed E-state index contributed by atoms with van der Waals surface area (Å²) in [7, 11) is 0. The van der Waals surface area contributed by atoms with E-state index in [1.807, 2.05) is 13.8 Å². The van der Waals surface area contributed by atoms with Gasteiger partial charge >= 0.3 is 5.97 Å². The molecule has 0 aromatic carbocycles. The first-order chi connectivity index (χ1) is 13.8. The molecule has 8 heteroatoms. The first kappa shape index (κ1) is 21.8. The minimum absolute atomic E-state index is 0.0374. The number of ether oxygens (including phenoxy) is 1. The van der Waals surface area contributed by atoms with E-state index in [0.29, 0.717) is 25.8 Å². The highest BCUT2D eigenvalue weighted by Gasteiger charge is 2.74. The highest BCUT2D eigenvalue weighted by Crippen LogP contribution is 2.58. The van der Waals surface area contributed by atoms with Gasteiger partial charge in [-0.1, -0.05) is 19.4 Å². The van der Waals surface area contributed by atoms with Crippen LogP contribution >= 0.6 is 0 Å². The van der Waals surface area contributed by atoms with Gasteiger partial charge in [-0.2, -0.15) is 0 Å². The number of aliphatic hydroxyl groups excluding tert-OH is 1. The molecule has 6 atom stereocenters. The van der Waals surface area contributed by atoms with Gasteiger partial charge in [-0.3, -0.25) is 14.4 Å². The Kier molecular flexibility index (Phi) is 6.33. The summed E-state index contributed by atoms with van der Waals surface area (Å²) >= 11 is 0. The summed E-state index contributed by atoms with van der Waals surface area (Å²) in [6.45, 7) is 8.23. The Bertz CT molecular complexity index is 682. The second-order valence-corrected chi connectivity index (χ2v) is 8.42. The Hall–Kier alpha value is -1.93. The number of carbonyl (C=O) groups is 3. The lowest BCUT2D eigenvalue weighted by atomic mass is 9.70. The molecule has 0 saturated carbocycles. The number of nitrogens with zero attached hydrogens (tertiary/aromatic N) is 2. The van der Waals surface area contributed by atoms with Gasteiger partial charge in [-0.15, -0.1) is 6.58 Å². The van der Waals surface area contributed by atoms with Crippen molar-refractivity contribution in [3.8, 4) is 0 Å². The molecule has 8 nitrogen and oxygen atoms in total. The number of carboxylic acid groups (broad SMARTS) is 1. The summed E-state index contributed by atoms with van der Waals surface area (Å²) in [5.74, 6) is -3.38. The maximum absolute atomic E-state index is 13.8. The molecule has 3 unspecified atom stereocenters. The summed E-state index contributed by atoms with van der Waals surface area (Å²) in [5, 5.41) is 19.0. The zero-order valence-corrected chi connectivity index (χ0v) is 17.2. The smallest absolute Gasteiger partial charge is 0.310 e. The molecule has 3 aliphatic heterocycles. The van der Waals surface area contributed by atoms with Gasteiger partial charge in [0, 0.05) is 25.7 Å².